The first kappa shape index (κ1) is 15.7. The molecule has 0 radical (unpaired) electrons. The van der Waals surface area contributed by atoms with Gasteiger partial charge in [-0.2, -0.15) is 13.2 Å². The van der Waals surface area contributed by atoms with Gasteiger partial charge in [0, 0.05) is 19.0 Å². The topological polar surface area (TPSA) is 21.3 Å². The predicted molar refractivity (Wildman–Crippen MR) is 58.5 cm³/mol. The summed E-state index contributed by atoms with van der Waals surface area (Å²) in [5.41, 5.74) is 0. The lowest BCUT2D eigenvalue weighted by atomic mass is 10.1. The van der Waals surface area contributed by atoms with E-state index in [4.69, 9.17) is 4.74 Å². The van der Waals surface area contributed by atoms with E-state index in [-0.39, 0.29) is 18.6 Å². The highest BCUT2D eigenvalue weighted by Gasteiger charge is 2.26. The highest BCUT2D eigenvalue weighted by Crippen LogP contribution is 2.22. The standard InChI is InChI=1S/C11H22F3NO/c1-9(2)16-8-7-15-10(3)5-4-6-11(12,13)14/h9-10,15H,4-8H2,1-3H3. The zero-order valence-corrected chi connectivity index (χ0v) is 10.2. The van der Waals surface area contributed by atoms with E-state index in [2.05, 4.69) is 5.32 Å². The van der Waals surface area contributed by atoms with E-state index in [0.717, 1.165) is 0 Å². The first-order chi connectivity index (χ1) is 7.31. The zero-order valence-electron chi connectivity index (χ0n) is 10.2. The van der Waals surface area contributed by atoms with Gasteiger partial charge in [-0.3, -0.25) is 0 Å². The van der Waals surface area contributed by atoms with E-state index in [0.29, 0.717) is 19.6 Å². The summed E-state index contributed by atoms with van der Waals surface area (Å²) >= 11 is 0. The molecule has 1 unspecified atom stereocenters. The normalized spacial score (nSPS) is 14.4. The van der Waals surface area contributed by atoms with Gasteiger partial charge in [-0.1, -0.05) is 0 Å². The minimum Gasteiger partial charge on any atom is -0.377 e. The number of halogens is 3. The maximum absolute atomic E-state index is 11.9. The molecular weight excluding hydrogens is 219 g/mol. The van der Waals surface area contributed by atoms with Crippen LogP contribution in [0.15, 0.2) is 0 Å². The third kappa shape index (κ3) is 11.8. The highest BCUT2D eigenvalue weighted by atomic mass is 19.4. The van der Waals surface area contributed by atoms with Gasteiger partial charge in [0.05, 0.1) is 12.7 Å². The molecule has 0 aromatic rings. The van der Waals surface area contributed by atoms with Crippen molar-refractivity contribution in [3.63, 3.8) is 0 Å². The number of alkyl halides is 3. The van der Waals surface area contributed by atoms with Crippen molar-refractivity contribution in [1.29, 1.82) is 0 Å². The Morgan fingerprint density at radius 2 is 1.81 bits per heavy atom. The van der Waals surface area contributed by atoms with Crippen molar-refractivity contribution in [2.24, 2.45) is 0 Å². The van der Waals surface area contributed by atoms with Crippen LogP contribution in [0.4, 0.5) is 13.2 Å². The first-order valence-corrected chi connectivity index (χ1v) is 5.73. The predicted octanol–water partition coefficient (Wildman–Crippen LogP) is 3.12. The molecular formula is C11H22F3NO. The van der Waals surface area contributed by atoms with Crippen LogP contribution in [0.5, 0.6) is 0 Å². The van der Waals surface area contributed by atoms with Gasteiger partial charge in [0.25, 0.3) is 0 Å². The maximum Gasteiger partial charge on any atom is 0.389 e. The van der Waals surface area contributed by atoms with E-state index in [9.17, 15) is 13.2 Å². The Balaban J connectivity index is 3.35. The SMILES string of the molecule is CC(CCCC(F)(F)F)NCCOC(C)C. The third-order valence-corrected chi connectivity index (χ3v) is 2.14. The molecule has 0 rings (SSSR count). The van der Waals surface area contributed by atoms with Crippen molar-refractivity contribution < 1.29 is 17.9 Å². The number of nitrogens with one attached hydrogen (secondary N) is 1. The van der Waals surface area contributed by atoms with Crippen molar-refractivity contribution in [1.82, 2.24) is 5.32 Å². The molecule has 0 aliphatic rings. The van der Waals surface area contributed by atoms with Gasteiger partial charge >= 0.3 is 6.18 Å². The molecule has 0 aliphatic heterocycles. The largest absolute Gasteiger partial charge is 0.389 e. The Kier molecular flexibility index (Phi) is 7.76. The maximum atomic E-state index is 11.9. The molecule has 5 heteroatoms. The summed E-state index contributed by atoms with van der Waals surface area (Å²) in [6.45, 7) is 7.08. The van der Waals surface area contributed by atoms with Crippen LogP contribution in [0, 0.1) is 0 Å². The first-order valence-electron chi connectivity index (χ1n) is 5.73. The van der Waals surface area contributed by atoms with Gasteiger partial charge in [0.1, 0.15) is 0 Å². The van der Waals surface area contributed by atoms with Crippen LogP contribution in [0.25, 0.3) is 0 Å². The Morgan fingerprint density at radius 3 is 2.31 bits per heavy atom. The second-order valence-corrected chi connectivity index (χ2v) is 4.28. The average molecular weight is 241 g/mol. The fraction of sp³-hybridized carbons (Fsp3) is 1.00. The third-order valence-electron chi connectivity index (χ3n) is 2.14. The van der Waals surface area contributed by atoms with E-state index in [1.54, 1.807) is 0 Å². The van der Waals surface area contributed by atoms with E-state index in [1.807, 2.05) is 20.8 Å². The second-order valence-electron chi connectivity index (χ2n) is 4.28. The van der Waals surface area contributed by atoms with Crippen molar-refractivity contribution in [2.45, 2.75) is 58.4 Å². The fourth-order valence-electron chi connectivity index (χ4n) is 1.31. The van der Waals surface area contributed by atoms with Crippen LogP contribution in [-0.2, 0) is 4.74 Å². The molecule has 98 valence electrons. The van der Waals surface area contributed by atoms with Gasteiger partial charge in [0.15, 0.2) is 0 Å². The Bertz CT molecular complexity index is 171. The number of rotatable bonds is 8. The van der Waals surface area contributed by atoms with E-state index in [1.165, 1.54) is 0 Å². The summed E-state index contributed by atoms with van der Waals surface area (Å²) in [6, 6.07) is 0.109. The summed E-state index contributed by atoms with van der Waals surface area (Å²) < 4.78 is 40.9. The Labute approximate surface area is 95.5 Å². The average Bonchev–Trinajstić information content (AvgIpc) is 2.10. The van der Waals surface area contributed by atoms with Crippen molar-refractivity contribution in [3.05, 3.63) is 0 Å². The van der Waals surface area contributed by atoms with Crippen LogP contribution in [0.3, 0.4) is 0 Å². The summed E-state index contributed by atoms with van der Waals surface area (Å²) in [4.78, 5) is 0. The molecule has 1 N–H and O–H groups in total. The van der Waals surface area contributed by atoms with Crippen molar-refractivity contribution >= 4 is 0 Å². The molecule has 16 heavy (non-hydrogen) atoms. The zero-order chi connectivity index (χ0) is 12.6. The summed E-state index contributed by atoms with van der Waals surface area (Å²) in [6.07, 6.45) is -3.80. The minimum atomic E-state index is -4.03. The van der Waals surface area contributed by atoms with Crippen molar-refractivity contribution in [2.75, 3.05) is 13.2 Å². The van der Waals surface area contributed by atoms with Gasteiger partial charge in [-0.15, -0.1) is 0 Å². The molecule has 0 bridgehead atoms. The van der Waals surface area contributed by atoms with Gasteiger partial charge in [0.2, 0.25) is 0 Å². The lowest BCUT2D eigenvalue weighted by Gasteiger charge is -2.15. The van der Waals surface area contributed by atoms with Gasteiger partial charge in [-0.25, -0.2) is 0 Å². The molecule has 0 fully saturated rings. The number of hydrogen-bond acceptors (Lipinski definition) is 2. The van der Waals surface area contributed by atoms with Gasteiger partial charge < -0.3 is 10.1 Å². The van der Waals surface area contributed by atoms with Crippen LogP contribution in [0.2, 0.25) is 0 Å². The molecule has 0 aliphatic carbocycles. The highest BCUT2D eigenvalue weighted by molar-refractivity contribution is 4.62. The fourth-order valence-corrected chi connectivity index (χ4v) is 1.31. The molecule has 0 saturated carbocycles. The molecule has 0 heterocycles. The van der Waals surface area contributed by atoms with Crippen molar-refractivity contribution in [3.8, 4) is 0 Å². The summed E-state index contributed by atoms with van der Waals surface area (Å²) in [5.74, 6) is 0. The lowest BCUT2D eigenvalue weighted by Crippen LogP contribution is -2.30. The smallest absolute Gasteiger partial charge is 0.377 e. The van der Waals surface area contributed by atoms with Gasteiger partial charge in [-0.05, 0) is 33.6 Å². The number of ether oxygens (including phenoxy) is 1. The number of hydrogen-bond donors (Lipinski definition) is 1. The second kappa shape index (κ2) is 7.90. The quantitative estimate of drug-likeness (QED) is 0.659. The van der Waals surface area contributed by atoms with Crippen LogP contribution < -0.4 is 5.32 Å². The summed E-state index contributed by atoms with van der Waals surface area (Å²) in [7, 11) is 0. The molecule has 0 amide bonds. The van der Waals surface area contributed by atoms with Crippen LogP contribution >= 0.6 is 0 Å². The lowest BCUT2D eigenvalue weighted by molar-refractivity contribution is -0.135. The summed E-state index contributed by atoms with van der Waals surface area (Å²) in [5, 5.41) is 3.13. The van der Waals surface area contributed by atoms with Crippen LogP contribution in [-0.4, -0.2) is 31.5 Å². The molecule has 0 aromatic carbocycles. The molecule has 1 atom stereocenters. The molecule has 0 aromatic heterocycles. The monoisotopic (exact) mass is 241 g/mol. The van der Waals surface area contributed by atoms with E-state index < -0.39 is 12.6 Å². The van der Waals surface area contributed by atoms with E-state index >= 15 is 0 Å². The Hall–Kier alpha value is -0.290. The Morgan fingerprint density at radius 1 is 1.19 bits per heavy atom. The molecule has 0 saturated heterocycles. The molecule has 0 spiro atoms. The van der Waals surface area contributed by atoms with Crippen LogP contribution in [0.1, 0.15) is 40.0 Å². The molecule has 2 nitrogen and oxygen atoms in total. The minimum absolute atomic E-state index is 0.109.